The minimum absolute atomic E-state index is 0.787. The highest BCUT2D eigenvalue weighted by Crippen LogP contribution is 2.27. The second kappa shape index (κ2) is 4.61. The molecule has 1 heterocycles. The molecule has 15 heavy (non-hydrogen) atoms. The van der Waals surface area contributed by atoms with Crippen molar-refractivity contribution in [2.24, 2.45) is 0 Å². The fourth-order valence-corrected chi connectivity index (χ4v) is 1.65. The minimum atomic E-state index is 0.787. The molecule has 1 aromatic heterocycles. The molecule has 0 N–H and O–H groups in total. The van der Waals surface area contributed by atoms with Crippen molar-refractivity contribution in [3.05, 3.63) is 51.9 Å². The summed E-state index contributed by atoms with van der Waals surface area (Å²) in [4.78, 5) is 4.17. The average molecular weight is 310 g/mol. The molecule has 0 bridgehead atoms. The molecule has 3 heteroatoms. The standard InChI is InChI=1S/C12H9INO/c1-9-11(7-4-8-14-9)15-12-6-3-2-5-10(12)13/h2-4,6-8H,1H3. The van der Waals surface area contributed by atoms with Crippen molar-refractivity contribution in [3.8, 4) is 11.5 Å². The van der Waals surface area contributed by atoms with E-state index in [1.165, 1.54) is 0 Å². The van der Waals surface area contributed by atoms with Gasteiger partial charge in [0.1, 0.15) is 11.5 Å². The SMILES string of the molecule is Cc1ncccc1Oc1ccc[c]c1I. The van der Waals surface area contributed by atoms with Crippen LogP contribution < -0.4 is 4.74 Å². The second-order valence-corrected chi connectivity index (χ2v) is 4.12. The minimum Gasteiger partial charge on any atom is -0.454 e. The highest BCUT2D eigenvalue weighted by Gasteiger charge is 2.03. The van der Waals surface area contributed by atoms with Gasteiger partial charge in [-0.25, -0.2) is 0 Å². The van der Waals surface area contributed by atoms with E-state index in [9.17, 15) is 0 Å². The molecule has 75 valence electrons. The van der Waals surface area contributed by atoms with Gasteiger partial charge in [-0.2, -0.15) is 0 Å². The van der Waals surface area contributed by atoms with E-state index in [4.69, 9.17) is 4.74 Å². The second-order valence-electron chi connectivity index (χ2n) is 3.04. The van der Waals surface area contributed by atoms with Crippen LogP contribution in [-0.4, -0.2) is 4.98 Å². The summed E-state index contributed by atoms with van der Waals surface area (Å²) >= 11 is 2.20. The van der Waals surface area contributed by atoms with E-state index >= 15 is 0 Å². The Labute approximate surface area is 102 Å². The first kappa shape index (κ1) is 10.4. The number of nitrogens with zero attached hydrogens (tertiary/aromatic N) is 1. The van der Waals surface area contributed by atoms with Gasteiger partial charge in [0, 0.05) is 6.20 Å². The first-order valence-electron chi connectivity index (χ1n) is 4.53. The number of hydrogen-bond acceptors (Lipinski definition) is 2. The molecule has 0 aliphatic heterocycles. The van der Waals surface area contributed by atoms with Gasteiger partial charge in [-0.15, -0.1) is 0 Å². The Morgan fingerprint density at radius 2 is 2.07 bits per heavy atom. The van der Waals surface area contributed by atoms with Gasteiger partial charge < -0.3 is 4.74 Å². The predicted molar refractivity (Wildman–Crippen MR) is 67.0 cm³/mol. The van der Waals surface area contributed by atoms with Crippen LogP contribution in [0.4, 0.5) is 0 Å². The molecule has 0 aliphatic rings. The number of aromatic nitrogens is 1. The third-order valence-corrected chi connectivity index (χ3v) is 2.79. The van der Waals surface area contributed by atoms with Crippen LogP contribution in [0.3, 0.4) is 0 Å². The summed E-state index contributed by atoms with van der Waals surface area (Å²) in [6.45, 7) is 1.93. The highest BCUT2D eigenvalue weighted by atomic mass is 127. The Balaban J connectivity index is 2.30. The number of halogens is 1. The number of aryl methyl sites for hydroxylation is 1. The number of rotatable bonds is 2. The molecule has 2 aromatic rings. The van der Waals surface area contributed by atoms with Gasteiger partial charge >= 0.3 is 0 Å². The summed E-state index contributed by atoms with van der Waals surface area (Å²) in [5, 5.41) is 0. The van der Waals surface area contributed by atoms with Crippen molar-refractivity contribution in [3.63, 3.8) is 0 Å². The van der Waals surface area contributed by atoms with Crippen molar-refractivity contribution in [2.45, 2.75) is 6.92 Å². The van der Waals surface area contributed by atoms with E-state index < -0.39 is 0 Å². The molecule has 1 aromatic carbocycles. The highest BCUT2D eigenvalue weighted by molar-refractivity contribution is 14.1. The van der Waals surface area contributed by atoms with Crippen LogP contribution in [0.15, 0.2) is 36.5 Å². The van der Waals surface area contributed by atoms with Crippen LogP contribution >= 0.6 is 22.6 Å². The smallest absolute Gasteiger partial charge is 0.148 e. The van der Waals surface area contributed by atoms with Crippen LogP contribution in [-0.2, 0) is 0 Å². The Morgan fingerprint density at radius 3 is 2.80 bits per heavy atom. The molecular weight excluding hydrogens is 301 g/mol. The Hall–Kier alpha value is -1.10. The van der Waals surface area contributed by atoms with E-state index in [2.05, 4.69) is 33.6 Å². The summed E-state index contributed by atoms with van der Waals surface area (Å²) < 4.78 is 6.71. The molecular formula is C12H9INO. The molecule has 0 aliphatic carbocycles. The van der Waals surface area contributed by atoms with Gasteiger partial charge in [0.25, 0.3) is 0 Å². The Morgan fingerprint density at radius 1 is 1.27 bits per heavy atom. The van der Waals surface area contributed by atoms with E-state index in [0.717, 1.165) is 20.8 Å². The lowest BCUT2D eigenvalue weighted by atomic mass is 10.3. The third kappa shape index (κ3) is 2.47. The van der Waals surface area contributed by atoms with Gasteiger partial charge in [-0.05, 0) is 53.8 Å². The molecule has 0 amide bonds. The van der Waals surface area contributed by atoms with Crippen LogP contribution in [0.2, 0.25) is 0 Å². The van der Waals surface area contributed by atoms with Crippen molar-refractivity contribution < 1.29 is 4.74 Å². The van der Waals surface area contributed by atoms with Crippen molar-refractivity contribution in [2.75, 3.05) is 0 Å². The molecule has 0 fully saturated rings. The predicted octanol–water partition coefficient (Wildman–Crippen LogP) is 3.59. The van der Waals surface area contributed by atoms with Gasteiger partial charge in [0.05, 0.1) is 9.26 Å². The van der Waals surface area contributed by atoms with Crippen molar-refractivity contribution in [1.82, 2.24) is 4.98 Å². The lowest BCUT2D eigenvalue weighted by molar-refractivity contribution is 0.472. The van der Waals surface area contributed by atoms with Crippen LogP contribution in [0, 0.1) is 16.6 Å². The zero-order chi connectivity index (χ0) is 10.7. The molecule has 0 saturated heterocycles. The normalized spacial score (nSPS) is 10.0. The van der Waals surface area contributed by atoms with E-state index in [0.29, 0.717) is 0 Å². The molecule has 1 radical (unpaired) electrons. The van der Waals surface area contributed by atoms with E-state index in [1.54, 1.807) is 6.20 Å². The van der Waals surface area contributed by atoms with Crippen molar-refractivity contribution in [1.29, 1.82) is 0 Å². The Kier molecular flexibility index (Phi) is 3.20. The molecule has 2 nitrogen and oxygen atoms in total. The quantitative estimate of drug-likeness (QED) is 0.791. The zero-order valence-corrected chi connectivity index (χ0v) is 10.4. The van der Waals surface area contributed by atoms with Gasteiger partial charge in [-0.3, -0.25) is 4.98 Å². The fraction of sp³-hybridized carbons (Fsp3) is 0.0833. The number of pyridine rings is 1. The molecule has 0 atom stereocenters. The summed E-state index contributed by atoms with van der Waals surface area (Å²) in [5.74, 6) is 1.60. The van der Waals surface area contributed by atoms with Crippen LogP contribution in [0.5, 0.6) is 11.5 Å². The number of benzene rings is 1. The first-order valence-corrected chi connectivity index (χ1v) is 5.61. The summed E-state index contributed by atoms with van der Waals surface area (Å²) in [6.07, 6.45) is 1.75. The lowest BCUT2D eigenvalue weighted by Crippen LogP contribution is -1.91. The maximum Gasteiger partial charge on any atom is 0.148 e. The molecule has 0 saturated carbocycles. The number of hydrogen-bond donors (Lipinski definition) is 0. The summed E-state index contributed by atoms with van der Waals surface area (Å²) in [7, 11) is 0. The number of ether oxygens (including phenoxy) is 1. The zero-order valence-electron chi connectivity index (χ0n) is 8.20. The largest absolute Gasteiger partial charge is 0.454 e. The van der Waals surface area contributed by atoms with E-state index in [1.807, 2.05) is 37.3 Å². The van der Waals surface area contributed by atoms with Crippen molar-refractivity contribution >= 4 is 22.6 Å². The lowest BCUT2D eigenvalue weighted by Gasteiger charge is -2.08. The molecule has 0 unspecified atom stereocenters. The monoisotopic (exact) mass is 310 g/mol. The van der Waals surface area contributed by atoms with Crippen LogP contribution in [0.25, 0.3) is 0 Å². The summed E-state index contributed by atoms with van der Waals surface area (Å²) in [6, 6.07) is 12.5. The third-order valence-electron chi connectivity index (χ3n) is 1.95. The average Bonchev–Trinajstić information content (AvgIpc) is 2.24. The van der Waals surface area contributed by atoms with Gasteiger partial charge in [0.15, 0.2) is 0 Å². The van der Waals surface area contributed by atoms with Gasteiger partial charge in [-0.1, -0.05) is 12.1 Å². The maximum atomic E-state index is 5.74. The van der Waals surface area contributed by atoms with E-state index in [-0.39, 0.29) is 0 Å². The first-order chi connectivity index (χ1) is 7.27. The summed E-state index contributed by atoms with van der Waals surface area (Å²) in [5.41, 5.74) is 0.886. The maximum absolute atomic E-state index is 5.74. The molecule has 2 rings (SSSR count). The molecule has 0 spiro atoms. The Bertz CT molecular complexity index is 427. The topological polar surface area (TPSA) is 22.1 Å². The fourth-order valence-electron chi connectivity index (χ4n) is 1.18. The van der Waals surface area contributed by atoms with Crippen LogP contribution in [0.1, 0.15) is 5.69 Å². The van der Waals surface area contributed by atoms with Gasteiger partial charge in [0.2, 0.25) is 0 Å².